The Kier molecular flexibility index (Phi) is 6.17. The first-order valence-corrected chi connectivity index (χ1v) is 13.4. The number of nitrogens with one attached hydrogen (secondary N) is 2. The molecule has 0 bridgehead atoms. The van der Waals surface area contributed by atoms with E-state index < -0.39 is 0 Å². The number of anilines is 2. The van der Waals surface area contributed by atoms with Crippen LogP contribution in [-0.4, -0.2) is 32.0 Å². The number of thiophene rings is 1. The molecule has 6 rings (SSSR count). The summed E-state index contributed by atoms with van der Waals surface area (Å²) in [6.45, 7) is 4.57. The van der Waals surface area contributed by atoms with E-state index in [0.29, 0.717) is 17.9 Å². The fourth-order valence-electron chi connectivity index (χ4n) is 4.86. The van der Waals surface area contributed by atoms with Crippen LogP contribution in [0, 0.1) is 18.8 Å². The molecule has 1 aliphatic heterocycles. The maximum absolute atomic E-state index is 13.4. The predicted octanol–water partition coefficient (Wildman–Crippen LogP) is 5.18. The molecule has 4 heterocycles. The highest BCUT2D eigenvalue weighted by atomic mass is 32.1. The Morgan fingerprint density at radius 1 is 1.18 bits per heavy atom. The molecule has 0 spiro atoms. The van der Waals surface area contributed by atoms with E-state index in [-0.39, 0.29) is 17.8 Å². The van der Waals surface area contributed by atoms with Gasteiger partial charge in [-0.15, -0.1) is 16.4 Å². The number of carbonyl (C=O) groups is 1. The fourth-order valence-corrected chi connectivity index (χ4v) is 6.07. The first-order chi connectivity index (χ1) is 18.9. The lowest BCUT2D eigenvalue weighted by molar-refractivity contribution is 0.0942. The molecule has 1 atom stereocenters. The highest BCUT2D eigenvalue weighted by molar-refractivity contribution is 7.19. The quantitative estimate of drug-likeness (QED) is 0.277. The second kappa shape index (κ2) is 9.82. The fraction of sp³-hybridized carbons (Fsp3) is 0.167. The number of nitrogen functional groups attached to an aromatic ring is 1. The molecule has 1 amide bonds. The van der Waals surface area contributed by atoms with Gasteiger partial charge in [-0.2, -0.15) is 5.10 Å². The van der Waals surface area contributed by atoms with E-state index in [1.54, 1.807) is 26.9 Å². The van der Waals surface area contributed by atoms with E-state index >= 15 is 0 Å². The molecule has 1 aliphatic rings. The number of hydrogen-bond donors (Lipinski definition) is 3. The minimum Gasteiger partial charge on any atom is -0.381 e. The zero-order valence-electron chi connectivity index (χ0n) is 21.8. The van der Waals surface area contributed by atoms with Gasteiger partial charge in [0.25, 0.3) is 5.91 Å². The first kappa shape index (κ1) is 24.5. The molecule has 9 heteroatoms. The molecule has 0 saturated carbocycles. The standard InChI is InChI=1S/C30H27N7OS/c1-18-22(17-36(3)34-18)12-10-20-11-13-24-23(16-20)25(21-8-5-4-6-9-21)27(39-24)19(2)33-30(38)26-28(31)35-37-15-7-14-32-29(26)37/h4-9,11,13,15-17,19,32H,14H2,1-3H3,(H2,31,35)(H,33,38). The number of benzene rings is 2. The van der Waals surface area contributed by atoms with Crippen molar-refractivity contribution in [1.29, 1.82) is 0 Å². The van der Waals surface area contributed by atoms with Crippen LogP contribution in [0.15, 0.2) is 60.8 Å². The summed E-state index contributed by atoms with van der Waals surface area (Å²) in [6.07, 6.45) is 5.65. The summed E-state index contributed by atoms with van der Waals surface area (Å²) in [5.74, 6) is 7.10. The van der Waals surface area contributed by atoms with Gasteiger partial charge in [-0.25, -0.2) is 4.68 Å². The maximum atomic E-state index is 13.4. The van der Waals surface area contributed by atoms with Crippen LogP contribution >= 0.6 is 11.3 Å². The van der Waals surface area contributed by atoms with Crippen molar-refractivity contribution in [3.8, 4) is 23.0 Å². The summed E-state index contributed by atoms with van der Waals surface area (Å²) in [5, 5.41) is 16.1. The summed E-state index contributed by atoms with van der Waals surface area (Å²) >= 11 is 1.67. The second-order valence-corrected chi connectivity index (χ2v) is 10.6. The molecule has 0 fully saturated rings. The SMILES string of the molecule is Cc1nn(C)cc1C#Cc1ccc2sc(C(C)NC(=O)c3c(N)nn4c3NCC=C4)c(-c3ccccc3)c2c1. The summed E-state index contributed by atoms with van der Waals surface area (Å²) in [7, 11) is 1.90. The molecule has 0 saturated heterocycles. The molecule has 4 N–H and O–H groups in total. The summed E-state index contributed by atoms with van der Waals surface area (Å²) in [5.41, 5.74) is 11.4. The van der Waals surface area contributed by atoms with Crippen LogP contribution in [0.2, 0.25) is 0 Å². The third-order valence-corrected chi connectivity index (χ3v) is 8.03. The largest absolute Gasteiger partial charge is 0.381 e. The number of rotatable bonds is 4. The Labute approximate surface area is 230 Å². The van der Waals surface area contributed by atoms with Crippen LogP contribution in [0.1, 0.15) is 45.0 Å². The number of hydrogen-bond acceptors (Lipinski definition) is 6. The Morgan fingerprint density at radius 2 is 2.00 bits per heavy atom. The van der Waals surface area contributed by atoms with Gasteiger partial charge in [0.1, 0.15) is 11.4 Å². The third-order valence-electron chi connectivity index (χ3n) is 6.67. The van der Waals surface area contributed by atoms with E-state index in [1.165, 1.54) is 0 Å². The minimum absolute atomic E-state index is 0.195. The highest BCUT2D eigenvalue weighted by Gasteiger charge is 2.26. The van der Waals surface area contributed by atoms with Crippen LogP contribution in [0.3, 0.4) is 0 Å². The zero-order chi connectivity index (χ0) is 27.1. The number of amides is 1. The van der Waals surface area contributed by atoms with Gasteiger partial charge in [0.05, 0.1) is 17.3 Å². The van der Waals surface area contributed by atoms with E-state index in [2.05, 4.69) is 56.9 Å². The molecule has 194 valence electrons. The average molecular weight is 534 g/mol. The number of fused-ring (bicyclic) bond motifs is 2. The number of nitrogens with zero attached hydrogens (tertiary/aromatic N) is 4. The zero-order valence-corrected chi connectivity index (χ0v) is 22.6. The minimum atomic E-state index is -0.272. The van der Waals surface area contributed by atoms with Crippen LogP contribution in [0.25, 0.3) is 27.4 Å². The molecule has 1 unspecified atom stereocenters. The van der Waals surface area contributed by atoms with E-state index in [9.17, 15) is 4.79 Å². The second-order valence-electron chi connectivity index (χ2n) is 9.48. The van der Waals surface area contributed by atoms with Gasteiger partial charge in [-0.1, -0.05) is 42.2 Å². The molecular formula is C30H27N7OS. The van der Waals surface area contributed by atoms with Gasteiger partial charge in [0.2, 0.25) is 0 Å². The van der Waals surface area contributed by atoms with Crippen molar-refractivity contribution in [2.75, 3.05) is 17.6 Å². The van der Waals surface area contributed by atoms with Crippen molar-refractivity contribution < 1.29 is 4.79 Å². The van der Waals surface area contributed by atoms with Crippen molar-refractivity contribution in [3.63, 3.8) is 0 Å². The van der Waals surface area contributed by atoms with Crippen LogP contribution in [0.4, 0.5) is 11.6 Å². The smallest absolute Gasteiger partial charge is 0.259 e. The van der Waals surface area contributed by atoms with Gasteiger partial charge < -0.3 is 16.4 Å². The number of nitrogens with two attached hydrogens (primary N) is 1. The lowest BCUT2D eigenvalue weighted by atomic mass is 9.98. The topological polar surface area (TPSA) is 103 Å². The molecule has 0 aliphatic carbocycles. The van der Waals surface area contributed by atoms with Crippen molar-refractivity contribution >= 4 is 45.2 Å². The Bertz CT molecular complexity index is 1810. The Morgan fingerprint density at radius 3 is 2.77 bits per heavy atom. The van der Waals surface area contributed by atoms with Gasteiger partial charge in [-0.05, 0) is 43.7 Å². The van der Waals surface area contributed by atoms with Crippen LogP contribution in [0.5, 0.6) is 0 Å². The Balaban J connectivity index is 1.39. The molecule has 3 aromatic heterocycles. The lowest BCUT2D eigenvalue weighted by Crippen LogP contribution is -2.28. The van der Waals surface area contributed by atoms with Crippen molar-refractivity contribution in [2.45, 2.75) is 19.9 Å². The van der Waals surface area contributed by atoms with Gasteiger partial charge in [0, 0.05) is 52.1 Å². The summed E-state index contributed by atoms with van der Waals surface area (Å²) in [6, 6.07) is 16.3. The monoisotopic (exact) mass is 533 g/mol. The maximum Gasteiger partial charge on any atom is 0.259 e. The number of aryl methyl sites for hydroxylation is 2. The van der Waals surface area contributed by atoms with Gasteiger partial charge >= 0.3 is 0 Å². The van der Waals surface area contributed by atoms with Gasteiger partial charge in [-0.3, -0.25) is 9.48 Å². The number of aromatic nitrogens is 4. The van der Waals surface area contributed by atoms with Crippen molar-refractivity contribution in [2.24, 2.45) is 7.05 Å². The van der Waals surface area contributed by atoms with E-state index in [4.69, 9.17) is 5.73 Å². The molecular weight excluding hydrogens is 506 g/mol. The van der Waals surface area contributed by atoms with E-state index in [0.717, 1.165) is 42.9 Å². The first-order valence-electron chi connectivity index (χ1n) is 12.6. The third kappa shape index (κ3) is 4.56. The van der Waals surface area contributed by atoms with E-state index in [1.807, 2.05) is 57.4 Å². The Hall–Kier alpha value is -4.81. The average Bonchev–Trinajstić information content (AvgIpc) is 3.58. The molecule has 2 aromatic carbocycles. The highest BCUT2D eigenvalue weighted by Crippen LogP contribution is 2.42. The lowest BCUT2D eigenvalue weighted by Gasteiger charge is -2.16. The van der Waals surface area contributed by atoms with Crippen molar-refractivity contribution in [3.05, 3.63) is 88.1 Å². The number of carbonyl (C=O) groups excluding carboxylic acids is 1. The van der Waals surface area contributed by atoms with Crippen LogP contribution in [-0.2, 0) is 7.05 Å². The molecule has 5 aromatic rings. The molecule has 8 nitrogen and oxygen atoms in total. The normalized spacial score (nSPS) is 12.9. The van der Waals surface area contributed by atoms with Crippen LogP contribution < -0.4 is 16.4 Å². The molecule has 0 radical (unpaired) electrons. The predicted molar refractivity (Wildman–Crippen MR) is 158 cm³/mol. The summed E-state index contributed by atoms with van der Waals surface area (Å²) in [4.78, 5) is 14.5. The summed E-state index contributed by atoms with van der Waals surface area (Å²) < 4.78 is 4.50. The van der Waals surface area contributed by atoms with Gasteiger partial charge in [0.15, 0.2) is 5.82 Å². The van der Waals surface area contributed by atoms with Crippen molar-refractivity contribution in [1.82, 2.24) is 24.9 Å². The molecule has 39 heavy (non-hydrogen) atoms.